The van der Waals surface area contributed by atoms with Crippen LogP contribution in [-0.2, 0) is 4.79 Å². The van der Waals surface area contributed by atoms with Gasteiger partial charge in [0.2, 0.25) is 0 Å². The van der Waals surface area contributed by atoms with E-state index < -0.39 is 36.5 Å². The lowest BCUT2D eigenvalue weighted by Crippen LogP contribution is -2.45. The first-order valence-corrected chi connectivity index (χ1v) is 26.2. The molecule has 0 aliphatic rings. The van der Waals surface area contributed by atoms with Crippen LogP contribution >= 0.6 is 0 Å². The van der Waals surface area contributed by atoms with Crippen LogP contribution in [0.2, 0.25) is 0 Å². The first-order chi connectivity index (χ1) is 31.0. The van der Waals surface area contributed by atoms with Gasteiger partial charge in [0.05, 0.1) is 24.4 Å². The van der Waals surface area contributed by atoms with Crippen LogP contribution in [0.25, 0.3) is 0 Å². The van der Waals surface area contributed by atoms with Crippen LogP contribution in [0.4, 0.5) is 4.39 Å². The number of alkyl halides is 1. The van der Waals surface area contributed by atoms with Crippen LogP contribution in [0.1, 0.15) is 224 Å². The Morgan fingerprint density at radius 1 is 0.615 bits per heavy atom. The van der Waals surface area contributed by atoms with Gasteiger partial charge >= 0.3 is 0 Å². The number of hydrogen-bond acceptors (Lipinski definition) is 8. The number of carbonyl (C=O) groups excluding carboxylic acids is 1. The largest absolute Gasteiger partial charge is 0.400 e. The summed E-state index contributed by atoms with van der Waals surface area (Å²) in [5, 5.41) is 66.5. The zero-order valence-corrected chi connectivity index (χ0v) is 44.6. The third-order valence-electron chi connectivity index (χ3n) is 12.2. The van der Waals surface area contributed by atoms with Gasteiger partial charge in [0.15, 0.2) is 12.5 Å². The van der Waals surface area contributed by atoms with Gasteiger partial charge in [0.25, 0.3) is 0 Å². The van der Waals surface area contributed by atoms with Gasteiger partial charge in [-0.25, -0.2) is 4.39 Å². The molecule has 0 fully saturated rings. The quantitative estimate of drug-likeness (QED) is 0.0108. The van der Waals surface area contributed by atoms with E-state index in [4.69, 9.17) is 5.11 Å². The highest BCUT2D eigenvalue weighted by Crippen LogP contribution is 2.30. The lowest BCUT2D eigenvalue weighted by Gasteiger charge is -2.34. The monoisotopic (exact) mass is 931 g/mol. The van der Waals surface area contributed by atoms with Gasteiger partial charge < -0.3 is 40.5 Å². The second kappa shape index (κ2) is 53.2. The number of unbranched alkanes of at least 4 members (excludes halogenated alkanes) is 10. The van der Waals surface area contributed by atoms with E-state index in [1.165, 1.54) is 57.8 Å². The third kappa shape index (κ3) is 45.8. The first-order valence-electron chi connectivity index (χ1n) is 26.2. The molecule has 0 aliphatic carbocycles. The number of aliphatic hydroxyl groups excluding tert-OH is 6. The summed E-state index contributed by atoms with van der Waals surface area (Å²) >= 11 is 0. The Hall–Kier alpha value is -1.72. The minimum absolute atomic E-state index is 0.156. The fraction of sp³-hybridized carbons (Fsp3) is 0.839. The Morgan fingerprint density at radius 3 is 1.62 bits per heavy atom. The van der Waals surface area contributed by atoms with Gasteiger partial charge in [-0.2, -0.15) is 0 Å². The Bertz CT molecular complexity index is 1060. The van der Waals surface area contributed by atoms with Crippen molar-refractivity contribution in [3.05, 3.63) is 48.6 Å². The molecule has 9 unspecified atom stereocenters. The highest BCUT2D eigenvalue weighted by atomic mass is 19.1. The second-order valence-electron chi connectivity index (χ2n) is 18.4. The van der Waals surface area contributed by atoms with Crippen LogP contribution in [0.5, 0.6) is 0 Å². The maximum atomic E-state index is 14.7. The van der Waals surface area contributed by atoms with Gasteiger partial charge in [-0.3, -0.25) is 0 Å². The molecule has 0 saturated carbocycles. The summed E-state index contributed by atoms with van der Waals surface area (Å²) < 4.78 is 14.7. The van der Waals surface area contributed by atoms with E-state index >= 15 is 0 Å². The molecule has 0 aliphatic heterocycles. The molecule has 8 nitrogen and oxygen atoms in total. The topological polar surface area (TPSA) is 159 Å². The van der Waals surface area contributed by atoms with Crippen molar-refractivity contribution >= 4 is 6.29 Å². The Balaban J connectivity index is -0.000000278. The lowest BCUT2D eigenvalue weighted by atomic mass is 9.80. The van der Waals surface area contributed by atoms with Crippen LogP contribution in [0, 0.1) is 35.5 Å². The minimum atomic E-state index is -1.77. The number of halogens is 1. The molecule has 0 aromatic carbocycles. The predicted octanol–water partition coefficient (Wildman–Crippen LogP) is 13.6. The molecule has 9 heteroatoms. The summed E-state index contributed by atoms with van der Waals surface area (Å²) in [6.07, 6.45) is 29.3. The molecule has 0 heterocycles. The molecule has 0 saturated heterocycles. The molecular weight excluding hydrogens is 820 g/mol. The molecule has 65 heavy (non-hydrogen) atoms. The summed E-state index contributed by atoms with van der Waals surface area (Å²) in [7, 11) is 1.00. The van der Waals surface area contributed by atoms with E-state index in [0.29, 0.717) is 18.8 Å². The summed E-state index contributed by atoms with van der Waals surface area (Å²) in [6, 6.07) is 0. The average molecular weight is 931 g/mol. The maximum absolute atomic E-state index is 14.7. The first kappa shape index (κ1) is 72.3. The van der Waals surface area contributed by atoms with Crippen molar-refractivity contribution in [2.45, 2.75) is 261 Å². The van der Waals surface area contributed by atoms with Crippen LogP contribution in [0.3, 0.4) is 0 Å². The van der Waals surface area contributed by atoms with Crippen molar-refractivity contribution < 1.29 is 44.9 Å². The van der Waals surface area contributed by atoms with Crippen LogP contribution in [-0.4, -0.2) is 86.0 Å². The van der Waals surface area contributed by atoms with Crippen molar-refractivity contribution in [2.75, 3.05) is 7.11 Å². The van der Waals surface area contributed by atoms with Crippen molar-refractivity contribution in [2.24, 2.45) is 35.5 Å². The second-order valence-corrected chi connectivity index (χ2v) is 18.4. The van der Waals surface area contributed by atoms with E-state index in [0.717, 1.165) is 95.5 Å². The van der Waals surface area contributed by atoms with Gasteiger partial charge in [-0.1, -0.05) is 222 Å². The number of allylic oxidation sites excluding steroid dienone is 5. The van der Waals surface area contributed by atoms with Gasteiger partial charge in [0, 0.05) is 18.9 Å². The molecule has 0 amide bonds. The van der Waals surface area contributed by atoms with E-state index in [2.05, 4.69) is 47.3 Å². The molecule has 0 aromatic heterocycles. The Morgan fingerprint density at radius 2 is 1.11 bits per heavy atom. The smallest absolute Gasteiger partial charge is 0.154 e. The van der Waals surface area contributed by atoms with Crippen LogP contribution in [0.15, 0.2) is 48.6 Å². The zero-order valence-electron chi connectivity index (χ0n) is 44.6. The van der Waals surface area contributed by atoms with E-state index in [9.17, 15) is 39.8 Å². The van der Waals surface area contributed by atoms with E-state index in [1.54, 1.807) is 13.0 Å². The van der Waals surface area contributed by atoms with E-state index in [-0.39, 0.29) is 24.0 Å². The van der Waals surface area contributed by atoms with Crippen molar-refractivity contribution in [1.82, 2.24) is 0 Å². The van der Waals surface area contributed by atoms with Crippen molar-refractivity contribution in [3.63, 3.8) is 0 Å². The molecule has 390 valence electrons. The zero-order chi connectivity index (χ0) is 51.0. The van der Waals surface area contributed by atoms with E-state index in [1.807, 2.05) is 65.8 Å². The molecule has 7 N–H and O–H groups in total. The van der Waals surface area contributed by atoms with Gasteiger partial charge in [-0.05, 0) is 74.7 Å². The molecule has 0 radical (unpaired) electrons. The lowest BCUT2D eigenvalue weighted by molar-refractivity contribution is -0.133. The average Bonchev–Trinajstić information content (AvgIpc) is 3.31. The standard InChI is InChI=1S/C21H43FO4.C20H40O2.C12H18O.C2H6.CH4O/c1-5-7-9-10-12-13-15(3)19(23)18(22)20(24)16(4)17(21(25)26)14-11-8-6-2;1-5-7-12-17(3)13-10-8-9-11-14-19(21)16-15-18(4)20(22)6-2;1-4-5-6-7-8-11(2)9-12(3)10-13;2*1-2/h15-21,23-26H,5-14H2,1-4H3;15,17,19-22H,5-14,16H2,1-4H3;4-8,10-12H,1,9H2,2-3H3;1-2H3;2H,1H3/b;18-15+;6-5+,8-7+;;/t15?,16?,17?,18?,19?,20-;;11-,12?;;/m1.1../s1. The molecule has 0 aromatic rings. The van der Waals surface area contributed by atoms with Gasteiger partial charge in [-0.15, -0.1) is 0 Å². The summed E-state index contributed by atoms with van der Waals surface area (Å²) in [5.41, 5.74) is 0.989. The molecule has 0 bridgehead atoms. The number of aldehydes is 1. The summed E-state index contributed by atoms with van der Waals surface area (Å²) in [5.74, 6) is 0.0343. The normalized spacial score (nSPS) is 16.7. The Labute approximate surface area is 402 Å². The van der Waals surface area contributed by atoms with Gasteiger partial charge in [0.1, 0.15) is 6.29 Å². The van der Waals surface area contributed by atoms with Crippen LogP contribution < -0.4 is 0 Å². The van der Waals surface area contributed by atoms with Crippen molar-refractivity contribution in [3.8, 4) is 0 Å². The SMILES string of the molecule is C=C/C=C/C=C/[C@@H](C)CC(C)C=O.CC.CCCCC(C)CCCCCCC(O)C/C=C(\C)C(O)CC.CCCCCCCC(C)C(O)C(F)[C@H](O)C(C)C(CCCCC)C(O)O.CO. The predicted molar refractivity (Wildman–Crippen MR) is 279 cm³/mol. The maximum Gasteiger partial charge on any atom is 0.154 e. The molecular formula is C56H111FO8. The molecule has 0 rings (SSSR count). The minimum Gasteiger partial charge on any atom is -0.400 e. The number of hydrogen-bond donors (Lipinski definition) is 7. The van der Waals surface area contributed by atoms with Crippen molar-refractivity contribution in [1.29, 1.82) is 0 Å². The highest BCUT2D eigenvalue weighted by Gasteiger charge is 2.38. The fourth-order valence-electron chi connectivity index (χ4n) is 7.55. The summed E-state index contributed by atoms with van der Waals surface area (Å²) in [4.78, 5) is 10.4. The fourth-order valence-corrected chi connectivity index (χ4v) is 7.55. The third-order valence-corrected chi connectivity index (χ3v) is 12.2. The number of rotatable bonds is 36. The summed E-state index contributed by atoms with van der Waals surface area (Å²) in [6.45, 7) is 27.8. The number of aliphatic hydroxyl groups is 7. The highest BCUT2D eigenvalue weighted by molar-refractivity contribution is 5.52. The Kier molecular flexibility index (Phi) is 59.2. The molecule has 11 atom stereocenters. The molecule has 0 spiro atoms. The number of carbonyl (C=O) groups is 1.